The van der Waals surface area contributed by atoms with Crippen molar-refractivity contribution in [3.63, 3.8) is 0 Å². The normalized spacial score (nSPS) is 11.2. The highest BCUT2D eigenvalue weighted by Gasteiger charge is 2.19. The number of aromatic nitrogens is 3. The molecule has 84 valence electrons. The van der Waals surface area contributed by atoms with E-state index in [0.717, 1.165) is 6.20 Å². The van der Waals surface area contributed by atoms with E-state index in [1.807, 2.05) is 0 Å². The molecule has 0 aliphatic rings. The van der Waals surface area contributed by atoms with Gasteiger partial charge in [0.15, 0.2) is 0 Å². The van der Waals surface area contributed by atoms with Crippen molar-refractivity contribution in [2.24, 2.45) is 0 Å². The Morgan fingerprint density at radius 3 is 2.56 bits per heavy atom. The zero-order valence-electron chi connectivity index (χ0n) is 8.08. The van der Waals surface area contributed by atoms with Gasteiger partial charge in [0.25, 0.3) is 10.0 Å². The van der Waals surface area contributed by atoms with E-state index in [1.165, 1.54) is 24.5 Å². The number of anilines is 2. The summed E-state index contributed by atoms with van der Waals surface area (Å²) in [7, 11) is -3.70. The van der Waals surface area contributed by atoms with Crippen molar-refractivity contribution in [3.05, 3.63) is 30.7 Å². The largest absolute Gasteiger partial charge is 0.383 e. The topological polar surface area (TPSA) is 114 Å². The molecule has 0 aliphatic carbocycles. The Hall–Kier alpha value is -2.09. The number of aromatic amines is 1. The van der Waals surface area contributed by atoms with E-state index in [9.17, 15) is 8.42 Å². The quantitative estimate of drug-likeness (QED) is 0.707. The number of pyridine rings is 1. The average molecular weight is 239 g/mol. The number of nitrogens with one attached hydrogen (secondary N) is 2. The van der Waals surface area contributed by atoms with Crippen molar-refractivity contribution in [1.29, 1.82) is 0 Å². The van der Waals surface area contributed by atoms with Crippen LogP contribution < -0.4 is 10.5 Å². The second-order valence-electron chi connectivity index (χ2n) is 2.99. The van der Waals surface area contributed by atoms with Gasteiger partial charge in [-0.1, -0.05) is 0 Å². The van der Waals surface area contributed by atoms with Gasteiger partial charge < -0.3 is 5.73 Å². The van der Waals surface area contributed by atoms with Gasteiger partial charge in [0, 0.05) is 12.4 Å². The number of sulfonamides is 1. The predicted molar refractivity (Wildman–Crippen MR) is 58.0 cm³/mol. The maximum Gasteiger partial charge on any atom is 0.267 e. The van der Waals surface area contributed by atoms with E-state index in [-0.39, 0.29) is 10.7 Å². The summed E-state index contributed by atoms with van der Waals surface area (Å²) in [6.45, 7) is 0. The van der Waals surface area contributed by atoms with Gasteiger partial charge in [-0.3, -0.25) is 14.8 Å². The molecule has 2 rings (SSSR count). The van der Waals surface area contributed by atoms with E-state index in [2.05, 4.69) is 19.9 Å². The maximum absolute atomic E-state index is 11.8. The van der Waals surface area contributed by atoms with Gasteiger partial charge in [-0.2, -0.15) is 5.10 Å². The Bertz CT molecular complexity index is 577. The molecule has 0 atom stereocenters. The first-order valence-electron chi connectivity index (χ1n) is 4.31. The Balaban J connectivity index is 2.32. The van der Waals surface area contributed by atoms with E-state index in [4.69, 9.17) is 5.73 Å². The molecule has 7 nitrogen and oxygen atoms in total. The van der Waals surface area contributed by atoms with Crippen LogP contribution in [0.3, 0.4) is 0 Å². The van der Waals surface area contributed by atoms with Gasteiger partial charge in [0.05, 0.1) is 11.9 Å². The predicted octanol–water partition coefficient (Wildman–Crippen LogP) is 0.188. The first-order valence-corrected chi connectivity index (χ1v) is 5.79. The molecule has 0 aliphatic heterocycles. The molecule has 0 spiro atoms. The summed E-state index contributed by atoms with van der Waals surface area (Å²) in [4.78, 5) is 3.70. The summed E-state index contributed by atoms with van der Waals surface area (Å²) in [5.41, 5.74) is 5.84. The third kappa shape index (κ3) is 1.96. The summed E-state index contributed by atoms with van der Waals surface area (Å²) in [6.07, 6.45) is 4.12. The van der Waals surface area contributed by atoms with Crippen molar-refractivity contribution < 1.29 is 8.42 Å². The molecule has 0 fully saturated rings. The lowest BCUT2D eigenvalue weighted by Crippen LogP contribution is -2.13. The van der Waals surface area contributed by atoms with Crippen molar-refractivity contribution in [3.8, 4) is 0 Å². The van der Waals surface area contributed by atoms with E-state index in [1.54, 1.807) is 0 Å². The molecule has 2 aromatic rings. The van der Waals surface area contributed by atoms with Gasteiger partial charge in [-0.15, -0.1) is 0 Å². The lowest BCUT2D eigenvalue weighted by atomic mass is 10.4. The number of nitrogens with two attached hydrogens (primary N) is 1. The lowest BCUT2D eigenvalue weighted by molar-refractivity contribution is 0.601. The molecular formula is C8H9N5O2S. The van der Waals surface area contributed by atoms with Gasteiger partial charge in [0.2, 0.25) is 0 Å². The van der Waals surface area contributed by atoms with Crippen LogP contribution in [-0.4, -0.2) is 23.6 Å². The van der Waals surface area contributed by atoms with Gasteiger partial charge in [0.1, 0.15) is 10.7 Å². The molecule has 0 saturated carbocycles. The molecule has 0 aromatic carbocycles. The van der Waals surface area contributed by atoms with Crippen LogP contribution >= 0.6 is 0 Å². The second kappa shape index (κ2) is 3.81. The minimum Gasteiger partial charge on any atom is -0.383 e. The molecule has 0 bridgehead atoms. The third-order valence-electron chi connectivity index (χ3n) is 1.85. The smallest absolute Gasteiger partial charge is 0.267 e. The van der Waals surface area contributed by atoms with Gasteiger partial charge >= 0.3 is 0 Å². The van der Waals surface area contributed by atoms with Crippen LogP contribution in [0.25, 0.3) is 0 Å². The molecule has 8 heteroatoms. The lowest BCUT2D eigenvalue weighted by Gasteiger charge is -2.05. The summed E-state index contributed by atoms with van der Waals surface area (Å²) < 4.78 is 26.0. The number of H-pyrrole nitrogens is 1. The zero-order valence-corrected chi connectivity index (χ0v) is 8.90. The molecule has 16 heavy (non-hydrogen) atoms. The number of nitrogens with zero attached hydrogens (tertiary/aromatic N) is 2. The van der Waals surface area contributed by atoms with Crippen molar-refractivity contribution in [2.45, 2.75) is 4.90 Å². The summed E-state index contributed by atoms with van der Waals surface area (Å²) >= 11 is 0. The number of hydrogen-bond acceptors (Lipinski definition) is 5. The highest BCUT2D eigenvalue weighted by atomic mass is 32.2. The molecular weight excluding hydrogens is 230 g/mol. The van der Waals surface area contributed by atoms with Crippen LogP contribution in [0.15, 0.2) is 35.6 Å². The van der Waals surface area contributed by atoms with E-state index >= 15 is 0 Å². The fourth-order valence-corrected chi connectivity index (χ4v) is 2.21. The van der Waals surface area contributed by atoms with Crippen LogP contribution in [-0.2, 0) is 10.0 Å². The molecule has 0 radical (unpaired) electrons. The Morgan fingerprint density at radius 2 is 2.00 bits per heavy atom. The molecule has 4 N–H and O–H groups in total. The molecule has 0 saturated heterocycles. The number of rotatable bonds is 3. The van der Waals surface area contributed by atoms with Crippen LogP contribution in [0.2, 0.25) is 0 Å². The number of nitrogen functional groups attached to an aromatic ring is 1. The summed E-state index contributed by atoms with van der Waals surface area (Å²) in [6, 6.07) is 3.07. The monoisotopic (exact) mass is 239 g/mol. The SMILES string of the molecule is Nc1[nH]ncc1S(=O)(=O)Nc1ccncc1. The van der Waals surface area contributed by atoms with E-state index in [0.29, 0.717) is 5.69 Å². The molecule has 0 unspecified atom stereocenters. The van der Waals surface area contributed by atoms with Crippen LogP contribution in [0, 0.1) is 0 Å². The van der Waals surface area contributed by atoms with Crippen LogP contribution in [0.5, 0.6) is 0 Å². The minimum absolute atomic E-state index is 0.00144. The molecule has 2 aromatic heterocycles. The van der Waals surface area contributed by atoms with Crippen molar-refractivity contribution >= 4 is 21.5 Å². The third-order valence-corrected chi connectivity index (χ3v) is 3.26. The Labute approximate surface area is 91.8 Å². The van der Waals surface area contributed by atoms with Gasteiger partial charge in [-0.25, -0.2) is 8.42 Å². The van der Waals surface area contributed by atoms with Gasteiger partial charge in [-0.05, 0) is 12.1 Å². The summed E-state index contributed by atoms with van der Waals surface area (Å²) in [5, 5.41) is 5.90. The van der Waals surface area contributed by atoms with E-state index < -0.39 is 10.0 Å². The number of hydrogen-bond donors (Lipinski definition) is 3. The Kier molecular flexibility index (Phi) is 2.49. The standard InChI is InChI=1S/C8H9N5O2S/c9-8-7(5-11-12-8)16(14,15)13-6-1-3-10-4-2-6/h1-5H,(H,10,13)(H3,9,11,12). The fourth-order valence-electron chi connectivity index (χ4n) is 1.13. The minimum atomic E-state index is -3.70. The summed E-state index contributed by atoms with van der Waals surface area (Å²) in [5.74, 6) is 0.00144. The maximum atomic E-state index is 11.8. The first kappa shape index (κ1) is 10.4. The molecule has 0 amide bonds. The highest BCUT2D eigenvalue weighted by Crippen LogP contribution is 2.18. The second-order valence-corrected chi connectivity index (χ2v) is 4.64. The van der Waals surface area contributed by atoms with Crippen molar-refractivity contribution in [2.75, 3.05) is 10.5 Å². The van der Waals surface area contributed by atoms with Crippen LogP contribution in [0.1, 0.15) is 0 Å². The van der Waals surface area contributed by atoms with Crippen molar-refractivity contribution in [1.82, 2.24) is 15.2 Å². The fraction of sp³-hybridized carbons (Fsp3) is 0. The average Bonchev–Trinajstić information content (AvgIpc) is 2.66. The zero-order chi connectivity index (χ0) is 11.6. The first-order chi connectivity index (χ1) is 7.59. The Morgan fingerprint density at radius 1 is 1.31 bits per heavy atom. The molecule has 2 heterocycles. The highest BCUT2D eigenvalue weighted by molar-refractivity contribution is 7.92. The van der Waals surface area contributed by atoms with Crippen LogP contribution in [0.4, 0.5) is 11.5 Å².